The Kier molecular flexibility index (Phi) is 2.21. The van der Waals surface area contributed by atoms with Crippen LogP contribution in [0.3, 0.4) is 0 Å². The van der Waals surface area contributed by atoms with Crippen molar-refractivity contribution in [2.45, 2.75) is 6.42 Å². The van der Waals surface area contributed by atoms with Crippen LogP contribution in [0.1, 0.15) is 5.56 Å². The molecule has 0 aromatic carbocycles. The van der Waals surface area contributed by atoms with Gasteiger partial charge in [0.25, 0.3) is 0 Å². The number of rotatable bonds is 2. The monoisotopic (exact) mass is 152 g/mol. The lowest BCUT2D eigenvalue weighted by molar-refractivity contribution is -0.671. The van der Waals surface area contributed by atoms with Gasteiger partial charge in [-0.2, -0.15) is 0 Å². The summed E-state index contributed by atoms with van der Waals surface area (Å²) in [5, 5.41) is 8.45. The number of aryl methyl sites for hydroxylation is 1. The largest absolute Gasteiger partial charge is 0.481 e. The molecule has 1 aromatic rings. The van der Waals surface area contributed by atoms with Crippen molar-refractivity contribution in [1.82, 2.24) is 0 Å². The van der Waals surface area contributed by atoms with E-state index in [2.05, 4.69) is 0 Å². The van der Waals surface area contributed by atoms with Crippen molar-refractivity contribution < 1.29 is 14.5 Å². The van der Waals surface area contributed by atoms with E-state index in [0.29, 0.717) is 0 Å². The number of aliphatic carboxylic acids is 1. The van der Waals surface area contributed by atoms with Crippen molar-refractivity contribution in [3.8, 4) is 0 Å². The molecule has 3 heteroatoms. The van der Waals surface area contributed by atoms with Gasteiger partial charge >= 0.3 is 5.97 Å². The average Bonchev–Trinajstić information content (AvgIpc) is 1.85. The van der Waals surface area contributed by atoms with Crippen LogP contribution in [-0.4, -0.2) is 11.1 Å². The summed E-state index contributed by atoms with van der Waals surface area (Å²) in [4.78, 5) is 10.3. The molecule has 0 unspecified atom stereocenters. The van der Waals surface area contributed by atoms with Crippen LogP contribution in [0.5, 0.6) is 0 Å². The summed E-state index contributed by atoms with van der Waals surface area (Å²) in [5.74, 6) is -0.795. The Morgan fingerprint density at radius 3 is 3.00 bits per heavy atom. The predicted octanol–water partition coefficient (Wildman–Crippen LogP) is 0.138. The fraction of sp³-hybridized carbons (Fsp3) is 0.250. The lowest BCUT2D eigenvalue weighted by Gasteiger charge is -1.92. The summed E-state index contributed by atoms with van der Waals surface area (Å²) < 4.78 is 1.83. The minimum atomic E-state index is -0.795. The maximum atomic E-state index is 10.3. The highest BCUT2D eigenvalue weighted by Gasteiger charge is 2.02. The summed E-state index contributed by atoms with van der Waals surface area (Å²) in [5.41, 5.74) is 0.822. The van der Waals surface area contributed by atoms with E-state index in [1.54, 1.807) is 12.3 Å². The fourth-order valence-corrected chi connectivity index (χ4v) is 0.929. The minimum Gasteiger partial charge on any atom is -0.481 e. The Labute approximate surface area is 64.9 Å². The summed E-state index contributed by atoms with van der Waals surface area (Å²) in [7, 11) is 1.87. The Balaban J connectivity index is 2.79. The second-order valence-corrected chi connectivity index (χ2v) is 2.45. The molecule has 0 atom stereocenters. The molecular weight excluding hydrogens is 142 g/mol. The molecule has 0 aliphatic rings. The number of aromatic nitrogens is 1. The summed E-state index contributed by atoms with van der Waals surface area (Å²) in [6.45, 7) is 0. The predicted molar refractivity (Wildman–Crippen MR) is 39.0 cm³/mol. The first-order chi connectivity index (χ1) is 5.18. The van der Waals surface area contributed by atoms with Crippen LogP contribution in [0, 0.1) is 0 Å². The van der Waals surface area contributed by atoms with E-state index < -0.39 is 5.97 Å². The molecule has 1 rings (SSSR count). The summed E-state index contributed by atoms with van der Waals surface area (Å²) >= 11 is 0. The van der Waals surface area contributed by atoms with Crippen molar-refractivity contribution in [1.29, 1.82) is 0 Å². The van der Waals surface area contributed by atoms with Gasteiger partial charge in [0.05, 0.1) is 6.42 Å². The molecule has 0 saturated carbocycles. The molecule has 0 amide bonds. The van der Waals surface area contributed by atoms with Crippen molar-refractivity contribution in [3.63, 3.8) is 0 Å². The van der Waals surface area contributed by atoms with E-state index in [4.69, 9.17) is 5.11 Å². The van der Waals surface area contributed by atoms with Gasteiger partial charge in [0.2, 0.25) is 0 Å². The third kappa shape index (κ3) is 2.37. The Morgan fingerprint density at radius 2 is 2.45 bits per heavy atom. The van der Waals surface area contributed by atoms with Crippen molar-refractivity contribution in [3.05, 3.63) is 30.1 Å². The molecule has 0 bridgehead atoms. The molecule has 0 aliphatic heterocycles. The first-order valence-electron chi connectivity index (χ1n) is 3.34. The number of hydrogen-bond donors (Lipinski definition) is 1. The lowest BCUT2D eigenvalue weighted by atomic mass is 10.2. The molecule has 1 heterocycles. The molecular formula is C8H10NO2+. The first-order valence-corrected chi connectivity index (χ1v) is 3.34. The number of carboxylic acids is 1. The third-order valence-corrected chi connectivity index (χ3v) is 1.36. The average molecular weight is 152 g/mol. The quantitative estimate of drug-likeness (QED) is 0.612. The topological polar surface area (TPSA) is 41.2 Å². The van der Waals surface area contributed by atoms with Crippen LogP contribution in [0.4, 0.5) is 0 Å². The maximum Gasteiger partial charge on any atom is 0.308 e. The van der Waals surface area contributed by atoms with Crippen LogP contribution in [-0.2, 0) is 18.3 Å². The third-order valence-electron chi connectivity index (χ3n) is 1.36. The van der Waals surface area contributed by atoms with Gasteiger partial charge in [-0.05, 0) is 6.07 Å². The minimum absolute atomic E-state index is 0.0919. The molecule has 11 heavy (non-hydrogen) atoms. The van der Waals surface area contributed by atoms with Gasteiger partial charge < -0.3 is 5.11 Å². The van der Waals surface area contributed by atoms with Crippen LogP contribution in [0.25, 0.3) is 0 Å². The highest BCUT2D eigenvalue weighted by atomic mass is 16.4. The van der Waals surface area contributed by atoms with Gasteiger partial charge in [0, 0.05) is 11.6 Å². The van der Waals surface area contributed by atoms with Crippen LogP contribution in [0.2, 0.25) is 0 Å². The molecule has 0 fully saturated rings. The second-order valence-electron chi connectivity index (χ2n) is 2.45. The normalized spacial score (nSPS) is 9.55. The zero-order chi connectivity index (χ0) is 8.27. The number of carboxylic acid groups (broad SMARTS) is 1. The van der Waals surface area contributed by atoms with Crippen LogP contribution >= 0.6 is 0 Å². The molecule has 0 saturated heterocycles. The van der Waals surface area contributed by atoms with Crippen molar-refractivity contribution in [2.75, 3.05) is 0 Å². The van der Waals surface area contributed by atoms with Gasteiger partial charge in [-0.3, -0.25) is 4.79 Å². The van der Waals surface area contributed by atoms with Gasteiger partial charge in [-0.25, -0.2) is 4.57 Å². The summed E-state index contributed by atoms with van der Waals surface area (Å²) in [6, 6.07) is 3.63. The van der Waals surface area contributed by atoms with E-state index in [1.807, 2.05) is 23.9 Å². The molecule has 58 valence electrons. The van der Waals surface area contributed by atoms with Gasteiger partial charge in [0.15, 0.2) is 12.4 Å². The summed E-state index contributed by atoms with van der Waals surface area (Å²) in [6.07, 6.45) is 3.76. The lowest BCUT2D eigenvalue weighted by Crippen LogP contribution is -2.27. The number of nitrogens with zero attached hydrogens (tertiary/aromatic N) is 1. The Hall–Kier alpha value is -1.38. The maximum absolute atomic E-state index is 10.3. The van der Waals surface area contributed by atoms with Gasteiger partial charge in [-0.1, -0.05) is 0 Å². The smallest absolute Gasteiger partial charge is 0.308 e. The molecule has 1 aromatic heterocycles. The highest BCUT2D eigenvalue weighted by molar-refractivity contribution is 5.69. The standard InChI is InChI=1S/C8H9NO2/c1-9-4-2-3-7(6-9)5-8(10)11/h2-4,6H,5H2,1H3/p+1. The molecule has 0 radical (unpaired) electrons. The molecule has 3 nitrogen and oxygen atoms in total. The van der Waals surface area contributed by atoms with E-state index in [1.165, 1.54) is 0 Å². The number of carbonyl (C=O) groups is 1. The Morgan fingerprint density at radius 1 is 1.73 bits per heavy atom. The van der Waals surface area contributed by atoms with Crippen LogP contribution < -0.4 is 4.57 Å². The zero-order valence-electron chi connectivity index (χ0n) is 6.32. The fourth-order valence-electron chi connectivity index (χ4n) is 0.929. The SMILES string of the molecule is C[n+]1cccc(CC(=O)O)c1. The van der Waals surface area contributed by atoms with Crippen molar-refractivity contribution >= 4 is 5.97 Å². The molecule has 0 spiro atoms. The number of pyridine rings is 1. The van der Waals surface area contributed by atoms with Gasteiger partial charge in [-0.15, -0.1) is 0 Å². The highest BCUT2D eigenvalue weighted by Crippen LogP contribution is 1.94. The molecule has 0 aliphatic carbocycles. The second kappa shape index (κ2) is 3.14. The molecule has 1 N–H and O–H groups in total. The van der Waals surface area contributed by atoms with E-state index in [0.717, 1.165) is 5.56 Å². The van der Waals surface area contributed by atoms with Crippen LogP contribution in [0.15, 0.2) is 24.5 Å². The Bertz CT molecular complexity index is 271. The zero-order valence-corrected chi connectivity index (χ0v) is 6.32. The van der Waals surface area contributed by atoms with E-state index >= 15 is 0 Å². The number of hydrogen-bond acceptors (Lipinski definition) is 1. The van der Waals surface area contributed by atoms with E-state index in [9.17, 15) is 4.79 Å². The first kappa shape index (κ1) is 7.72. The van der Waals surface area contributed by atoms with Gasteiger partial charge in [0.1, 0.15) is 7.05 Å². The van der Waals surface area contributed by atoms with E-state index in [-0.39, 0.29) is 6.42 Å². The van der Waals surface area contributed by atoms with Crippen molar-refractivity contribution in [2.24, 2.45) is 7.05 Å².